The van der Waals surface area contributed by atoms with E-state index in [0.717, 1.165) is 45.2 Å². The molecule has 0 saturated heterocycles. The largest absolute Gasteiger partial charge is 0.454 e. The third kappa shape index (κ3) is 1.92. The van der Waals surface area contributed by atoms with Gasteiger partial charge in [0.15, 0.2) is 5.58 Å². The maximum absolute atomic E-state index is 6.46. The molecule has 0 amide bonds. The molecule has 108 valence electrons. The lowest BCUT2D eigenvalue weighted by Gasteiger charge is -2.07. The summed E-state index contributed by atoms with van der Waals surface area (Å²) in [5, 5.41) is 2.73. The summed E-state index contributed by atoms with van der Waals surface area (Å²) in [6, 6.07) is 18.1. The number of fused-ring (bicyclic) bond motifs is 3. The van der Waals surface area contributed by atoms with Gasteiger partial charge < -0.3 is 4.42 Å². The van der Waals surface area contributed by atoms with Gasteiger partial charge in [0.05, 0.1) is 0 Å². The number of halogens is 1. The molecule has 2 nitrogen and oxygen atoms in total. The van der Waals surface area contributed by atoms with Crippen molar-refractivity contribution in [2.24, 2.45) is 0 Å². The van der Waals surface area contributed by atoms with Gasteiger partial charge in [-0.25, -0.2) is 4.98 Å². The monoisotopic (exact) mass is 307 g/mol. The summed E-state index contributed by atoms with van der Waals surface area (Å²) in [6.07, 6.45) is 0.820. The van der Waals surface area contributed by atoms with E-state index in [4.69, 9.17) is 16.0 Å². The van der Waals surface area contributed by atoms with Gasteiger partial charge in [-0.1, -0.05) is 67.1 Å². The van der Waals surface area contributed by atoms with Crippen molar-refractivity contribution in [2.75, 3.05) is 0 Å². The molecule has 2 heterocycles. The summed E-state index contributed by atoms with van der Waals surface area (Å²) in [5.74, 6) is 0. The fourth-order valence-electron chi connectivity index (χ4n) is 2.95. The summed E-state index contributed by atoms with van der Waals surface area (Å²) < 4.78 is 6.11. The standard InChI is InChI=1S/C19H14ClNO/c1-2-13-16-14-10-6-7-11-15(14)22-18(16)17(21-19(13)20)12-8-4-3-5-9-12/h3-11H,2H2,1H3. The summed E-state index contributed by atoms with van der Waals surface area (Å²) in [5.41, 5.74) is 4.54. The van der Waals surface area contributed by atoms with Crippen molar-refractivity contribution in [3.05, 3.63) is 65.3 Å². The quantitative estimate of drug-likeness (QED) is 0.433. The number of hydrogen-bond donors (Lipinski definition) is 0. The van der Waals surface area contributed by atoms with E-state index in [1.165, 1.54) is 0 Å². The molecule has 2 aromatic heterocycles. The van der Waals surface area contributed by atoms with Gasteiger partial charge in [0, 0.05) is 21.9 Å². The molecule has 22 heavy (non-hydrogen) atoms. The first-order valence-electron chi connectivity index (χ1n) is 7.34. The molecule has 0 radical (unpaired) electrons. The molecular formula is C19H14ClNO. The molecule has 0 aliphatic rings. The third-order valence-corrected chi connectivity index (χ3v) is 4.28. The Bertz CT molecular complexity index is 973. The minimum Gasteiger partial charge on any atom is -0.454 e. The molecule has 0 saturated carbocycles. The van der Waals surface area contributed by atoms with Gasteiger partial charge >= 0.3 is 0 Å². The number of benzene rings is 2. The lowest BCUT2D eigenvalue weighted by Crippen LogP contribution is -1.92. The molecule has 0 fully saturated rings. The van der Waals surface area contributed by atoms with Crippen LogP contribution in [0.15, 0.2) is 59.0 Å². The van der Waals surface area contributed by atoms with Crippen molar-refractivity contribution in [1.29, 1.82) is 0 Å². The van der Waals surface area contributed by atoms with Crippen LogP contribution >= 0.6 is 11.6 Å². The van der Waals surface area contributed by atoms with Crippen LogP contribution in [0.5, 0.6) is 0 Å². The number of nitrogens with zero attached hydrogens (tertiary/aromatic N) is 1. The maximum Gasteiger partial charge on any atom is 0.162 e. The van der Waals surface area contributed by atoms with E-state index in [0.29, 0.717) is 5.15 Å². The highest BCUT2D eigenvalue weighted by Gasteiger charge is 2.19. The minimum atomic E-state index is 0.556. The topological polar surface area (TPSA) is 26.0 Å². The zero-order valence-electron chi connectivity index (χ0n) is 12.1. The minimum absolute atomic E-state index is 0.556. The van der Waals surface area contributed by atoms with Crippen LogP contribution in [0.3, 0.4) is 0 Å². The van der Waals surface area contributed by atoms with Crippen LogP contribution in [-0.4, -0.2) is 4.98 Å². The Morgan fingerprint density at radius 1 is 1.00 bits per heavy atom. The molecule has 0 bridgehead atoms. The maximum atomic E-state index is 6.46. The van der Waals surface area contributed by atoms with E-state index < -0.39 is 0 Å². The van der Waals surface area contributed by atoms with Crippen molar-refractivity contribution in [3.8, 4) is 11.3 Å². The van der Waals surface area contributed by atoms with Crippen LogP contribution in [0.1, 0.15) is 12.5 Å². The highest BCUT2D eigenvalue weighted by molar-refractivity contribution is 6.32. The number of pyridine rings is 1. The van der Waals surface area contributed by atoms with Gasteiger partial charge in [-0.15, -0.1) is 0 Å². The van der Waals surface area contributed by atoms with Gasteiger partial charge in [-0.05, 0) is 12.5 Å². The van der Waals surface area contributed by atoms with Crippen molar-refractivity contribution in [1.82, 2.24) is 4.98 Å². The summed E-state index contributed by atoms with van der Waals surface area (Å²) >= 11 is 6.46. The predicted molar refractivity (Wildman–Crippen MR) is 91.3 cm³/mol. The van der Waals surface area contributed by atoms with Crippen LogP contribution in [-0.2, 0) is 6.42 Å². The van der Waals surface area contributed by atoms with E-state index in [-0.39, 0.29) is 0 Å². The smallest absolute Gasteiger partial charge is 0.162 e. The fourth-order valence-corrected chi connectivity index (χ4v) is 3.26. The Hall–Kier alpha value is -2.32. The van der Waals surface area contributed by atoms with Gasteiger partial charge in [0.1, 0.15) is 16.4 Å². The van der Waals surface area contributed by atoms with Crippen LogP contribution < -0.4 is 0 Å². The van der Waals surface area contributed by atoms with Crippen LogP contribution in [0.2, 0.25) is 5.15 Å². The molecule has 2 aromatic carbocycles. The summed E-state index contributed by atoms with van der Waals surface area (Å²) in [6.45, 7) is 2.09. The van der Waals surface area contributed by atoms with E-state index in [1.54, 1.807) is 0 Å². The van der Waals surface area contributed by atoms with Crippen molar-refractivity contribution in [3.63, 3.8) is 0 Å². The molecule has 0 unspecified atom stereocenters. The van der Waals surface area contributed by atoms with E-state index >= 15 is 0 Å². The van der Waals surface area contributed by atoms with Crippen molar-refractivity contribution < 1.29 is 4.42 Å². The second kappa shape index (κ2) is 5.15. The molecular weight excluding hydrogens is 294 g/mol. The Morgan fingerprint density at radius 2 is 1.73 bits per heavy atom. The van der Waals surface area contributed by atoms with Gasteiger partial charge in [0.2, 0.25) is 0 Å². The second-order valence-corrected chi connectivity index (χ2v) is 5.61. The SMILES string of the molecule is CCc1c(Cl)nc(-c2ccccc2)c2oc3ccccc3c12. The molecule has 3 heteroatoms. The van der Waals surface area contributed by atoms with Gasteiger partial charge in [-0.2, -0.15) is 0 Å². The Balaban J connectivity index is 2.20. The summed E-state index contributed by atoms with van der Waals surface area (Å²) in [4.78, 5) is 4.61. The Kier molecular flexibility index (Phi) is 3.12. The first-order chi connectivity index (χ1) is 10.8. The molecule has 4 rings (SSSR count). The normalized spacial score (nSPS) is 11.4. The van der Waals surface area contributed by atoms with Crippen molar-refractivity contribution in [2.45, 2.75) is 13.3 Å². The lowest BCUT2D eigenvalue weighted by molar-refractivity contribution is 0.668. The zero-order chi connectivity index (χ0) is 15.1. The number of aromatic nitrogens is 1. The van der Waals surface area contributed by atoms with Crippen molar-refractivity contribution >= 4 is 33.5 Å². The highest BCUT2D eigenvalue weighted by atomic mass is 35.5. The summed E-state index contributed by atoms with van der Waals surface area (Å²) in [7, 11) is 0. The number of furan rings is 1. The molecule has 0 aliphatic heterocycles. The fraction of sp³-hybridized carbons (Fsp3) is 0.105. The zero-order valence-corrected chi connectivity index (χ0v) is 12.9. The Labute approximate surface area is 133 Å². The van der Waals surface area contributed by atoms with E-state index in [9.17, 15) is 0 Å². The van der Waals surface area contributed by atoms with E-state index in [1.807, 2.05) is 48.5 Å². The van der Waals surface area contributed by atoms with Crippen LogP contribution in [0.4, 0.5) is 0 Å². The highest BCUT2D eigenvalue weighted by Crippen LogP contribution is 2.39. The molecule has 4 aromatic rings. The van der Waals surface area contributed by atoms with Crippen LogP contribution in [0, 0.1) is 0 Å². The molecule has 0 spiro atoms. The Morgan fingerprint density at radius 3 is 2.50 bits per heavy atom. The van der Waals surface area contributed by atoms with Gasteiger partial charge in [-0.3, -0.25) is 0 Å². The molecule has 0 atom stereocenters. The number of para-hydroxylation sites is 1. The molecule has 0 aliphatic carbocycles. The van der Waals surface area contributed by atoms with E-state index in [2.05, 4.69) is 18.0 Å². The molecule has 0 N–H and O–H groups in total. The number of rotatable bonds is 2. The predicted octanol–water partition coefficient (Wildman–Crippen LogP) is 5.86. The van der Waals surface area contributed by atoms with Gasteiger partial charge in [0.25, 0.3) is 0 Å². The van der Waals surface area contributed by atoms with Crippen LogP contribution in [0.25, 0.3) is 33.2 Å². The first kappa shape index (κ1) is 13.4. The average molecular weight is 308 g/mol. The third-order valence-electron chi connectivity index (χ3n) is 3.97. The average Bonchev–Trinajstić information content (AvgIpc) is 2.94. The number of hydrogen-bond acceptors (Lipinski definition) is 2. The number of aryl methyl sites for hydroxylation is 1. The lowest BCUT2D eigenvalue weighted by atomic mass is 10.0. The first-order valence-corrected chi connectivity index (χ1v) is 7.72. The second-order valence-electron chi connectivity index (χ2n) is 5.25.